The Morgan fingerprint density at radius 1 is 1.33 bits per heavy atom. The molecule has 0 spiro atoms. The molecule has 21 heavy (non-hydrogen) atoms. The number of H-pyrrole nitrogens is 1. The molecule has 5 N–H and O–H groups in total. The lowest BCUT2D eigenvalue weighted by molar-refractivity contribution is 0.100. The Kier molecular flexibility index (Phi) is 2.85. The second kappa shape index (κ2) is 4.73. The van der Waals surface area contributed by atoms with E-state index in [4.69, 9.17) is 5.73 Å². The minimum Gasteiger partial charge on any atom is -0.381 e. The number of pyridine rings is 1. The number of anilines is 1. The molecular weight excluding hydrogens is 266 g/mol. The Bertz CT molecular complexity index is 682. The highest BCUT2D eigenvalue weighted by molar-refractivity contribution is 6.05. The monoisotopic (exact) mass is 285 g/mol. The van der Waals surface area contributed by atoms with Crippen LogP contribution in [-0.2, 0) is 0 Å². The number of carbonyl (C=O) groups is 1. The normalized spacial score (nSPS) is 27.9. The van der Waals surface area contributed by atoms with E-state index in [1.54, 1.807) is 6.20 Å². The standard InChI is InChI=1S/C15H19N5O/c16-14(21)12-7-18-15-11(3-4-17-15)13(12)20-10-5-8-1-2-9(6-10)19-8/h3-4,7-10,19H,1-2,5-6H2,(H2,16,21)(H2,17,18,20). The first kappa shape index (κ1) is 12.6. The largest absolute Gasteiger partial charge is 0.381 e. The van der Waals surface area contributed by atoms with Crippen LogP contribution in [0.15, 0.2) is 18.5 Å². The molecule has 2 aliphatic rings. The van der Waals surface area contributed by atoms with Crippen LogP contribution >= 0.6 is 0 Å². The molecule has 2 aromatic rings. The van der Waals surface area contributed by atoms with Crippen LogP contribution in [0.25, 0.3) is 11.0 Å². The molecule has 0 saturated carbocycles. The summed E-state index contributed by atoms with van der Waals surface area (Å²) >= 11 is 0. The predicted molar refractivity (Wildman–Crippen MR) is 81.2 cm³/mol. The van der Waals surface area contributed by atoms with E-state index >= 15 is 0 Å². The molecule has 6 heteroatoms. The minimum absolute atomic E-state index is 0.377. The number of piperidine rings is 1. The molecule has 2 bridgehead atoms. The van der Waals surface area contributed by atoms with Crippen LogP contribution < -0.4 is 16.4 Å². The third kappa shape index (κ3) is 2.15. The average molecular weight is 285 g/mol. The lowest BCUT2D eigenvalue weighted by Crippen LogP contribution is -2.43. The number of hydrogen-bond donors (Lipinski definition) is 4. The third-order valence-electron chi connectivity index (χ3n) is 4.67. The number of primary amides is 1. The van der Waals surface area contributed by atoms with E-state index in [1.165, 1.54) is 12.8 Å². The van der Waals surface area contributed by atoms with E-state index in [1.807, 2.05) is 12.3 Å². The van der Waals surface area contributed by atoms with Gasteiger partial charge in [-0.3, -0.25) is 4.79 Å². The van der Waals surface area contributed by atoms with E-state index in [-0.39, 0.29) is 0 Å². The zero-order chi connectivity index (χ0) is 14.4. The van der Waals surface area contributed by atoms with Gasteiger partial charge in [-0.05, 0) is 31.7 Å². The lowest BCUT2D eigenvalue weighted by atomic mass is 9.98. The van der Waals surface area contributed by atoms with E-state index in [9.17, 15) is 4.79 Å². The molecule has 2 aromatic heterocycles. The number of nitrogens with two attached hydrogens (primary N) is 1. The zero-order valence-electron chi connectivity index (χ0n) is 11.7. The van der Waals surface area contributed by atoms with Crippen molar-refractivity contribution >= 4 is 22.6 Å². The van der Waals surface area contributed by atoms with Crippen molar-refractivity contribution in [2.75, 3.05) is 5.32 Å². The first-order valence-corrected chi connectivity index (χ1v) is 7.49. The van der Waals surface area contributed by atoms with Crippen molar-refractivity contribution in [1.29, 1.82) is 0 Å². The van der Waals surface area contributed by atoms with Gasteiger partial charge in [-0.1, -0.05) is 0 Å². The van der Waals surface area contributed by atoms with Crippen molar-refractivity contribution < 1.29 is 4.79 Å². The fourth-order valence-corrected chi connectivity index (χ4v) is 3.73. The van der Waals surface area contributed by atoms with Gasteiger partial charge in [0.05, 0.1) is 11.3 Å². The number of hydrogen-bond acceptors (Lipinski definition) is 4. The maximum atomic E-state index is 11.7. The molecule has 4 heterocycles. The number of carbonyl (C=O) groups excluding carboxylic acids is 1. The summed E-state index contributed by atoms with van der Waals surface area (Å²) in [5.74, 6) is -0.440. The molecule has 0 aliphatic carbocycles. The summed E-state index contributed by atoms with van der Waals surface area (Å²) in [5.41, 5.74) is 7.57. The average Bonchev–Trinajstić information content (AvgIpc) is 3.05. The number of nitrogens with zero attached hydrogens (tertiary/aromatic N) is 1. The molecular formula is C15H19N5O. The Morgan fingerprint density at radius 2 is 2.10 bits per heavy atom. The molecule has 0 radical (unpaired) electrons. The van der Waals surface area contributed by atoms with Gasteiger partial charge in [-0.25, -0.2) is 4.98 Å². The van der Waals surface area contributed by atoms with Crippen molar-refractivity contribution in [2.45, 2.75) is 43.8 Å². The molecule has 2 atom stereocenters. The van der Waals surface area contributed by atoms with Crippen LogP contribution in [0.5, 0.6) is 0 Å². The third-order valence-corrected chi connectivity index (χ3v) is 4.67. The van der Waals surface area contributed by atoms with Crippen LogP contribution in [0.1, 0.15) is 36.0 Å². The highest BCUT2D eigenvalue weighted by Crippen LogP contribution is 2.32. The maximum absolute atomic E-state index is 11.7. The Hall–Kier alpha value is -2.08. The summed E-state index contributed by atoms with van der Waals surface area (Å²) in [6, 6.07) is 3.51. The molecule has 2 saturated heterocycles. The number of amides is 1. The molecule has 2 aliphatic heterocycles. The van der Waals surface area contributed by atoms with Crippen LogP contribution in [0.2, 0.25) is 0 Å². The van der Waals surface area contributed by atoms with E-state index in [2.05, 4.69) is 20.6 Å². The highest BCUT2D eigenvalue weighted by atomic mass is 16.1. The molecule has 2 unspecified atom stereocenters. The van der Waals surface area contributed by atoms with Gasteiger partial charge >= 0.3 is 0 Å². The smallest absolute Gasteiger partial charge is 0.252 e. The van der Waals surface area contributed by atoms with Gasteiger partial charge in [0.1, 0.15) is 5.65 Å². The summed E-state index contributed by atoms with van der Waals surface area (Å²) in [5, 5.41) is 8.11. The van der Waals surface area contributed by atoms with E-state index in [0.29, 0.717) is 23.7 Å². The van der Waals surface area contributed by atoms with Gasteiger partial charge in [0, 0.05) is 35.9 Å². The number of rotatable bonds is 3. The summed E-state index contributed by atoms with van der Waals surface area (Å²) in [6.45, 7) is 0. The fraction of sp³-hybridized carbons (Fsp3) is 0.467. The van der Waals surface area contributed by atoms with Crippen LogP contribution in [0, 0.1) is 0 Å². The first-order valence-electron chi connectivity index (χ1n) is 7.49. The number of aromatic nitrogens is 2. The van der Waals surface area contributed by atoms with E-state index in [0.717, 1.165) is 29.6 Å². The Morgan fingerprint density at radius 3 is 2.81 bits per heavy atom. The van der Waals surface area contributed by atoms with E-state index < -0.39 is 5.91 Å². The second-order valence-corrected chi connectivity index (χ2v) is 6.10. The van der Waals surface area contributed by atoms with Gasteiger partial charge in [0.2, 0.25) is 0 Å². The SMILES string of the molecule is NC(=O)c1cnc2[nH]ccc2c1NC1CC2CCC(C1)N2. The first-order chi connectivity index (χ1) is 10.2. The minimum atomic E-state index is -0.440. The Labute approximate surface area is 122 Å². The van der Waals surface area contributed by atoms with Gasteiger partial charge in [-0.2, -0.15) is 0 Å². The number of fused-ring (bicyclic) bond motifs is 3. The lowest BCUT2D eigenvalue weighted by Gasteiger charge is -2.31. The van der Waals surface area contributed by atoms with Gasteiger partial charge in [0.25, 0.3) is 5.91 Å². The zero-order valence-corrected chi connectivity index (χ0v) is 11.7. The summed E-state index contributed by atoms with van der Waals surface area (Å²) in [4.78, 5) is 19.0. The van der Waals surface area contributed by atoms with Crippen LogP contribution in [-0.4, -0.2) is 34.0 Å². The van der Waals surface area contributed by atoms with Crippen LogP contribution in [0.3, 0.4) is 0 Å². The Balaban J connectivity index is 1.69. The van der Waals surface area contributed by atoms with Gasteiger partial charge in [-0.15, -0.1) is 0 Å². The fourth-order valence-electron chi connectivity index (χ4n) is 3.73. The molecule has 2 fully saturated rings. The number of nitrogens with one attached hydrogen (secondary N) is 3. The maximum Gasteiger partial charge on any atom is 0.252 e. The summed E-state index contributed by atoms with van der Waals surface area (Å²) in [7, 11) is 0. The molecule has 6 nitrogen and oxygen atoms in total. The van der Waals surface area contributed by atoms with Gasteiger partial charge in [0.15, 0.2) is 0 Å². The topological polar surface area (TPSA) is 95.8 Å². The van der Waals surface area contributed by atoms with Crippen molar-refractivity contribution in [3.05, 3.63) is 24.0 Å². The molecule has 4 rings (SSSR count). The molecule has 0 aromatic carbocycles. The van der Waals surface area contributed by atoms with Crippen molar-refractivity contribution in [2.24, 2.45) is 5.73 Å². The van der Waals surface area contributed by atoms with Crippen LogP contribution in [0.4, 0.5) is 5.69 Å². The summed E-state index contributed by atoms with van der Waals surface area (Å²) in [6.07, 6.45) is 8.06. The second-order valence-electron chi connectivity index (χ2n) is 6.10. The highest BCUT2D eigenvalue weighted by Gasteiger charge is 2.34. The molecule has 1 amide bonds. The quantitative estimate of drug-likeness (QED) is 0.684. The molecule has 110 valence electrons. The van der Waals surface area contributed by atoms with Crippen molar-refractivity contribution in [1.82, 2.24) is 15.3 Å². The van der Waals surface area contributed by atoms with Crippen molar-refractivity contribution in [3.63, 3.8) is 0 Å². The predicted octanol–water partition coefficient (Wildman–Crippen LogP) is 1.36. The van der Waals surface area contributed by atoms with Gasteiger partial charge < -0.3 is 21.4 Å². The summed E-state index contributed by atoms with van der Waals surface area (Å²) < 4.78 is 0. The number of aromatic amines is 1. The van der Waals surface area contributed by atoms with Crippen molar-refractivity contribution in [3.8, 4) is 0 Å².